The molecule has 0 radical (unpaired) electrons. The van der Waals surface area contributed by atoms with Crippen LogP contribution >= 0.6 is 11.6 Å². The number of carbonyl (C=O) groups excluding carboxylic acids is 1. The third-order valence-electron chi connectivity index (χ3n) is 4.42. The summed E-state index contributed by atoms with van der Waals surface area (Å²) >= 11 is 5.91. The second kappa shape index (κ2) is 5.56. The van der Waals surface area contributed by atoms with Gasteiger partial charge in [0.15, 0.2) is 0 Å². The van der Waals surface area contributed by atoms with Crippen LogP contribution in [0.1, 0.15) is 24.8 Å². The van der Waals surface area contributed by atoms with E-state index in [1.165, 1.54) is 0 Å². The number of fused-ring (bicyclic) bond motifs is 2. The minimum Gasteiger partial charge on any atom is -0.481 e. The number of halogens is 1. The molecule has 2 fully saturated rings. The Kier molecular flexibility index (Phi) is 3.76. The van der Waals surface area contributed by atoms with Gasteiger partial charge in [-0.25, -0.2) is 4.79 Å². The Morgan fingerprint density at radius 2 is 2.19 bits per heavy atom. The van der Waals surface area contributed by atoms with Gasteiger partial charge in [-0.1, -0.05) is 23.7 Å². The molecule has 2 saturated heterocycles. The Morgan fingerprint density at radius 3 is 2.86 bits per heavy atom. The van der Waals surface area contributed by atoms with Crippen LogP contribution in [0, 0.1) is 5.92 Å². The Labute approximate surface area is 127 Å². The molecule has 0 saturated carbocycles. The van der Waals surface area contributed by atoms with E-state index in [1.54, 1.807) is 17.0 Å². The first-order valence-corrected chi connectivity index (χ1v) is 7.47. The number of benzene rings is 1. The molecule has 5 nitrogen and oxygen atoms in total. The van der Waals surface area contributed by atoms with Gasteiger partial charge in [-0.15, -0.1) is 0 Å². The summed E-state index contributed by atoms with van der Waals surface area (Å²) in [5.74, 6) is -1.21. The van der Waals surface area contributed by atoms with Crippen molar-refractivity contribution in [2.75, 3.05) is 0 Å². The Morgan fingerprint density at radius 1 is 1.38 bits per heavy atom. The largest absolute Gasteiger partial charge is 0.481 e. The molecule has 2 amide bonds. The maximum Gasteiger partial charge on any atom is 0.318 e. The number of carbonyl (C=O) groups is 2. The van der Waals surface area contributed by atoms with Gasteiger partial charge in [0.2, 0.25) is 0 Å². The van der Waals surface area contributed by atoms with E-state index < -0.39 is 11.9 Å². The molecule has 3 unspecified atom stereocenters. The lowest BCUT2D eigenvalue weighted by Crippen LogP contribution is -2.44. The van der Waals surface area contributed by atoms with Crippen LogP contribution in [-0.2, 0) is 11.3 Å². The average Bonchev–Trinajstić information content (AvgIpc) is 3.02. The molecule has 2 N–H and O–H groups in total. The summed E-state index contributed by atoms with van der Waals surface area (Å²) in [5, 5.41) is 12.7. The number of urea groups is 1. The van der Waals surface area contributed by atoms with Gasteiger partial charge in [0.1, 0.15) is 0 Å². The molecule has 112 valence electrons. The van der Waals surface area contributed by atoms with Crippen LogP contribution in [0.5, 0.6) is 0 Å². The highest BCUT2D eigenvalue weighted by atomic mass is 35.5. The average molecular weight is 309 g/mol. The molecule has 1 aromatic carbocycles. The van der Waals surface area contributed by atoms with E-state index >= 15 is 0 Å². The third kappa shape index (κ3) is 2.70. The van der Waals surface area contributed by atoms with Crippen molar-refractivity contribution in [3.05, 3.63) is 34.9 Å². The van der Waals surface area contributed by atoms with Gasteiger partial charge in [-0.2, -0.15) is 0 Å². The van der Waals surface area contributed by atoms with Crippen molar-refractivity contribution in [2.24, 2.45) is 5.92 Å². The normalized spacial score (nSPS) is 26.9. The second-order valence-electron chi connectivity index (χ2n) is 5.67. The first kappa shape index (κ1) is 14.2. The minimum atomic E-state index is -0.796. The molecule has 3 atom stereocenters. The lowest BCUT2D eigenvalue weighted by Gasteiger charge is -2.23. The molecule has 2 heterocycles. The van der Waals surface area contributed by atoms with Gasteiger partial charge in [0.25, 0.3) is 0 Å². The summed E-state index contributed by atoms with van der Waals surface area (Å²) in [6, 6.07) is 7.05. The SMILES string of the molecule is O=C(O)C1CC2CCC1N2C(=O)NCc1cccc(Cl)c1. The number of hydrogen-bond acceptors (Lipinski definition) is 2. The Bertz CT molecular complexity index is 578. The fourth-order valence-electron chi connectivity index (χ4n) is 3.49. The lowest BCUT2D eigenvalue weighted by atomic mass is 9.89. The number of carboxylic acids is 1. The predicted molar refractivity (Wildman–Crippen MR) is 78.1 cm³/mol. The molecule has 1 aromatic rings. The van der Waals surface area contributed by atoms with Gasteiger partial charge in [-0.05, 0) is 37.0 Å². The number of aliphatic carboxylic acids is 1. The molecule has 2 bridgehead atoms. The van der Waals surface area contributed by atoms with E-state index in [9.17, 15) is 14.7 Å². The van der Waals surface area contributed by atoms with Crippen molar-refractivity contribution in [1.29, 1.82) is 0 Å². The minimum absolute atomic E-state index is 0.0652. The third-order valence-corrected chi connectivity index (χ3v) is 4.66. The second-order valence-corrected chi connectivity index (χ2v) is 6.11. The van der Waals surface area contributed by atoms with Crippen molar-refractivity contribution in [3.63, 3.8) is 0 Å². The molecule has 0 spiro atoms. The van der Waals surface area contributed by atoms with Gasteiger partial charge in [0, 0.05) is 23.7 Å². The molecule has 2 aliphatic heterocycles. The maximum atomic E-state index is 12.3. The summed E-state index contributed by atoms with van der Waals surface area (Å²) in [4.78, 5) is 25.3. The van der Waals surface area contributed by atoms with Crippen LogP contribution in [0.4, 0.5) is 4.79 Å². The zero-order valence-corrected chi connectivity index (χ0v) is 12.2. The van der Waals surface area contributed by atoms with Crippen molar-refractivity contribution in [1.82, 2.24) is 10.2 Å². The van der Waals surface area contributed by atoms with Crippen molar-refractivity contribution in [2.45, 2.75) is 37.9 Å². The van der Waals surface area contributed by atoms with E-state index in [2.05, 4.69) is 5.32 Å². The zero-order chi connectivity index (χ0) is 15.0. The van der Waals surface area contributed by atoms with Crippen LogP contribution in [0.25, 0.3) is 0 Å². The van der Waals surface area contributed by atoms with Crippen molar-refractivity contribution >= 4 is 23.6 Å². The monoisotopic (exact) mass is 308 g/mol. The van der Waals surface area contributed by atoms with Gasteiger partial charge in [0.05, 0.1) is 5.92 Å². The summed E-state index contributed by atoms with van der Waals surface area (Å²) in [6.07, 6.45) is 2.26. The fourth-order valence-corrected chi connectivity index (χ4v) is 3.70. The highest BCUT2D eigenvalue weighted by Crippen LogP contribution is 2.41. The fraction of sp³-hybridized carbons (Fsp3) is 0.467. The van der Waals surface area contributed by atoms with E-state index in [0.717, 1.165) is 18.4 Å². The number of hydrogen-bond donors (Lipinski definition) is 2. The molecule has 2 aliphatic rings. The van der Waals surface area contributed by atoms with Crippen LogP contribution in [0.15, 0.2) is 24.3 Å². The molecule has 0 aliphatic carbocycles. The number of rotatable bonds is 3. The first-order valence-electron chi connectivity index (χ1n) is 7.09. The summed E-state index contributed by atoms with van der Waals surface area (Å²) in [7, 11) is 0. The summed E-state index contributed by atoms with van der Waals surface area (Å²) < 4.78 is 0. The molecule has 3 rings (SSSR count). The molecule has 0 aromatic heterocycles. The summed E-state index contributed by atoms with van der Waals surface area (Å²) in [5.41, 5.74) is 0.928. The van der Waals surface area contributed by atoms with Gasteiger partial charge < -0.3 is 15.3 Å². The Hall–Kier alpha value is -1.75. The number of nitrogens with zero attached hydrogens (tertiary/aromatic N) is 1. The van der Waals surface area contributed by atoms with Crippen LogP contribution in [0.2, 0.25) is 5.02 Å². The van der Waals surface area contributed by atoms with E-state index in [1.807, 2.05) is 12.1 Å². The summed E-state index contributed by atoms with van der Waals surface area (Å²) in [6.45, 7) is 0.396. The smallest absolute Gasteiger partial charge is 0.318 e. The number of amides is 2. The lowest BCUT2D eigenvalue weighted by molar-refractivity contribution is -0.142. The van der Waals surface area contributed by atoms with Crippen molar-refractivity contribution in [3.8, 4) is 0 Å². The van der Waals surface area contributed by atoms with Crippen LogP contribution < -0.4 is 5.32 Å². The quantitative estimate of drug-likeness (QED) is 0.901. The first-order chi connectivity index (χ1) is 10.1. The maximum absolute atomic E-state index is 12.3. The molecular formula is C15H17ClN2O3. The van der Waals surface area contributed by atoms with E-state index in [0.29, 0.717) is 18.0 Å². The molecule has 21 heavy (non-hydrogen) atoms. The zero-order valence-electron chi connectivity index (χ0n) is 11.5. The number of nitrogens with one attached hydrogen (secondary N) is 1. The van der Waals surface area contributed by atoms with E-state index in [-0.39, 0.29) is 18.1 Å². The Balaban J connectivity index is 1.63. The van der Waals surface area contributed by atoms with Crippen LogP contribution in [0.3, 0.4) is 0 Å². The molecule has 6 heteroatoms. The highest BCUT2D eigenvalue weighted by Gasteiger charge is 2.51. The number of carboxylic acid groups (broad SMARTS) is 1. The van der Waals surface area contributed by atoms with Gasteiger partial charge in [-0.3, -0.25) is 4.79 Å². The topological polar surface area (TPSA) is 69.6 Å². The van der Waals surface area contributed by atoms with Gasteiger partial charge >= 0.3 is 12.0 Å². The molecular weight excluding hydrogens is 292 g/mol. The highest BCUT2D eigenvalue weighted by molar-refractivity contribution is 6.30. The van der Waals surface area contributed by atoms with E-state index in [4.69, 9.17) is 11.6 Å². The van der Waals surface area contributed by atoms with Crippen molar-refractivity contribution < 1.29 is 14.7 Å². The predicted octanol–water partition coefficient (Wildman–Crippen LogP) is 2.49. The standard InChI is InChI=1S/C15H17ClN2O3/c16-10-3-1-2-9(6-10)8-17-15(21)18-11-4-5-13(18)12(7-11)14(19)20/h1-3,6,11-13H,4-5,7-8H2,(H,17,21)(H,19,20). The van der Waals surface area contributed by atoms with Crippen LogP contribution in [-0.4, -0.2) is 34.1 Å².